The molecule has 15 heavy (non-hydrogen) atoms. The fourth-order valence-electron chi connectivity index (χ4n) is 1.71. The molecule has 0 bridgehead atoms. The van der Waals surface area contributed by atoms with Gasteiger partial charge in [0.25, 0.3) is 0 Å². The predicted octanol–water partition coefficient (Wildman–Crippen LogP) is 1.57. The maximum absolute atomic E-state index is 11.4. The molecule has 1 aliphatic rings. The van der Waals surface area contributed by atoms with Crippen molar-refractivity contribution in [3.8, 4) is 0 Å². The number of hydrogen-bond acceptors (Lipinski definition) is 3. The number of hydrogen-bond donors (Lipinski definition) is 2. The quantitative estimate of drug-likeness (QED) is 0.743. The maximum atomic E-state index is 11.4. The highest BCUT2D eigenvalue weighted by Gasteiger charge is 2.31. The number of aliphatic imine (C=N–C) groups is 1. The number of Topliss-reactive ketones (excluding diaryl/α,β-unsaturated/α-hetero) is 1. The van der Waals surface area contributed by atoms with E-state index in [-0.39, 0.29) is 17.9 Å². The second-order valence-corrected chi connectivity index (χ2v) is 3.96. The number of nitrogens with one attached hydrogen (secondary N) is 1. The van der Waals surface area contributed by atoms with Crippen LogP contribution >= 0.6 is 12.6 Å². The number of benzene rings is 1. The molecular weight excluding hydrogens is 208 g/mol. The molecule has 78 valence electrons. The van der Waals surface area contributed by atoms with Gasteiger partial charge in [0.1, 0.15) is 6.04 Å². The van der Waals surface area contributed by atoms with E-state index in [2.05, 4.69) is 22.9 Å². The van der Waals surface area contributed by atoms with Crippen molar-refractivity contribution in [1.82, 2.24) is 5.32 Å². The summed E-state index contributed by atoms with van der Waals surface area (Å²) in [5.41, 5.74) is 1.06. The standard InChI is InChI=1S/C11H12N2OS/c1-7(14)9-10(13-11(15)12-9)8-5-3-2-4-6-8/h2-6,9-10H,1H3,(H2,12,13,15). The molecule has 3 nitrogen and oxygen atoms in total. The minimum Gasteiger partial charge on any atom is -0.356 e. The van der Waals surface area contributed by atoms with Crippen molar-refractivity contribution in [2.75, 3.05) is 0 Å². The van der Waals surface area contributed by atoms with Gasteiger partial charge < -0.3 is 5.32 Å². The van der Waals surface area contributed by atoms with E-state index in [1.165, 1.54) is 0 Å². The third-order valence-corrected chi connectivity index (χ3v) is 2.68. The zero-order chi connectivity index (χ0) is 10.8. The number of ketones is 1. The Morgan fingerprint density at radius 2 is 2.07 bits per heavy atom. The molecule has 0 radical (unpaired) electrons. The van der Waals surface area contributed by atoms with Crippen molar-refractivity contribution in [2.24, 2.45) is 4.99 Å². The van der Waals surface area contributed by atoms with Crippen LogP contribution in [0.3, 0.4) is 0 Å². The normalized spacial score (nSPS) is 24.5. The lowest BCUT2D eigenvalue weighted by atomic mass is 9.98. The molecule has 1 heterocycles. The van der Waals surface area contributed by atoms with Crippen LogP contribution in [0.1, 0.15) is 18.5 Å². The van der Waals surface area contributed by atoms with E-state index in [4.69, 9.17) is 0 Å². The number of amidine groups is 1. The van der Waals surface area contributed by atoms with Crippen LogP contribution in [0.5, 0.6) is 0 Å². The Hall–Kier alpha value is -1.29. The molecule has 1 aliphatic heterocycles. The topological polar surface area (TPSA) is 41.5 Å². The second kappa shape index (κ2) is 4.06. The summed E-state index contributed by atoms with van der Waals surface area (Å²) in [4.78, 5) is 15.6. The Kier molecular flexibility index (Phi) is 2.77. The SMILES string of the molecule is CC(=O)C1N=C(S)NC1c1ccccc1. The number of thiol groups is 1. The third-order valence-electron chi connectivity index (χ3n) is 2.44. The Bertz CT molecular complexity index is 402. The molecule has 2 atom stereocenters. The number of rotatable bonds is 2. The summed E-state index contributed by atoms with van der Waals surface area (Å²) in [5, 5.41) is 3.63. The van der Waals surface area contributed by atoms with Crippen LogP contribution in [-0.2, 0) is 4.79 Å². The average Bonchev–Trinajstić information content (AvgIpc) is 2.62. The summed E-state index contributed by atoms with van der Waals surface area (Å²) in [6.07, 6.45) is 0. The van der Waals surface area contributed by atoms with Gasteiger partial charge in [0.05, 0.1) is 6.04 Å². The average molecular weight is 220 g/mol. The Morgan fingerprint density at radius 3 is 2.67 bits per heavy atom. The number of carbonyl (C=O) groups is 1. The minimum atomic E-state index is -0.347. The van der Waals surface area contributed by atoms with Crippen LogP contribution in [0.4, 0.5) is 0 Å². The molecule has 0 fully saturated rings. The van der Waals surface area contributed by atoms with Crippen molar-refractivity contribution in [3.63, 3.8) is 0 Å². The number of carbonyl (C=O) groups excluding carboxylic acids is 1. The minimum absolute atomic E-state index is 0.0559. The molecular formula is C11H12N2OS. The van der Waals surface area contributed by atoms with Gasteiger partial charge in [-0.25, -0.2) is 4.99 Å². The van der Waals surface area contributed by atoms with E-state index in [0.717, 1.165) is 5.56 Å². The summed E-state index contributed by atoms with van der Waals surface area (Å²) in [7, 11) is 0. The summed E-state index contributed by atoms with van der Waals surface area (Å²) >= 11 is 4.14. The molecule has 1 aromatic rings. The molecule has 0 saturated carbocycles. The lowest BCUT2D eigenvalue weighted by Crippen LogP contribution is -2.28. The van der Waals surface area contributed by atoms with Crippen molar-refractivity contribution in [1.29, 1.82) is 0 Å². The van der Waals surface area contributed by atoms with Crippen LogP contribution in [0, 0.1) is 0 Å². The molecule has 0 amide bonds. The van der Waals surface area contributed by atoms with Crippen LogP contribution < -0.4 is 5.32 Å². The fourth-order valence-corrected chi connectivity index (χ4v) is 1.98. The van der Waals surface area contributed by atoms with Gasteiger partial charge in [-0.15, -0.1) is 12.6 Å². The van der Waals surface area contributed by atoms with Gasteiger partial charge in [0.2, 0.25) is 0 Å². The van der Waals surface area contributed by atoms with E-state index in [1.54, 1.807) is 6.92 Å². The lowest BCUT2D eigenvalue weighted by molar-refractivity contribution is -0.118. The largest absolute Gasteiger partial charge is 0.356 e. The molecule has 0 spiro atoms. The summed E-state index contributed by atoms with van der Waals surface area (Å²) in [6.45, 7) is 1.55. The lowest BCUT2D eigenvalue weighted by Gasteiger charge is -2.16. The Morgan fingerprint density at radius 1 is 1.40 bits per heavy atom. The Labute approximate surface area is 94.0 Å². The molecule has 2 unspecified atom stereocenters. The zero-order valence-corrected chi connectivity index (χ0v) is 9.24. The highest BCUT2D eigenvalue weighted by molar-refractivity contribution is 7.96. The van der Waals surface area contributed by atoms with Gasteiger partial charge in [0, 0.05) is 0 Å². The summed E-state index contributed by atoms with van der Waals surface area (Å²) < 4.78 is 0. The zero-order valence-electron chi connectivity index (χ0n) is 8.34. The number of nitrogens with zero attached hydrogens (tertiary/aromatic N) is 1. The first kappa shape index (κ1) is 10.2. The molecule has 0 aliphatic carbocycles. The third kappa shape index (κ3) is 2.04. The van der Waals surface area contributed by atoms with Gasteiger partial charge >= 0.3 is 0 Å². The molecule has 2 rings (SSSR count). The Balaban J connectivity index is 2.28. The predicted molar refractivity (Wildman–Crippen MR) is 63.2 cm³/mol. The van der Waals surface area contributed by atoms with Crippen molar-refractivity contribution in [2.45, 2.75) is 19.0 Å². The molecule has 1 aromatic carbocycles. The van der Waals surface area contributed by atoms with Gasteiger partial charge in [-0.05, 0) is 12.5 Å². The van der Waals surface area contributed by atoms with Gasteiger partial charge in [0.15, 0.2) is 11.0 Å². The van der Waals surface area contributed by atoms with Crippen molar-refractivity contribution in [3.05, 3.63) is 35.9 Å². The molecule has 0 aromatic heterocycles. The van der Waals surface area contributed by atoms with E-state index < -0.39 is 0 Å². The van der Waals surface area contributed by atoms with Crippen LogP contribution in [0.15, 0.2) is 35.3 Å². The van der Waals surface area contributed by atoms with E-state index in [1.807, 2.05) is 30.3 Å². The maximum Gasteiger partial charge on any atom is 0.156 e. The smallest absolute Gasteiger partial charge is 0.156 e. The van der Waals surface area contributed by atoms with Crippen LogP contribution in [-0.4, -0.2) is 17.0 Å². The van der Waals surface area contributed by atoms with E-state index >= 15 is 0 Å². The first-order valence-electron chi connectivity index (χ1n) is 4.77. The molecule has 0 saturated heterocycles. The van der Waals surface area contributed by atoms with E-state index in [0.29, 0.717) is 5.17 Å². The summed E-state index contributed by atoms with van der Waals surface area (Å²) in [6, 6.07) is 9.39. The highest BCUT2D eigenvalue weighted by atomic mass is 32.1. The highest BCUT2D eigenvalue weighted by Crippen LogP contribution is 2.24. The van der Waals surface area contributed by atoms with Crippen LogP contribution in [0.2, 0.25) is 0 Å². The van der Waals surface area contributed by atoms with Gasteiger partial charge in [-0.1, -0.05) is 30.3 Å². The second-order valence-electron chi connectivity index (χ2n) is 3.54. The first-order valence-corrected chi connectivity index (χ1v) is 5.22. The van der Waals surface area contributed by atoms with Crippen molar-refractivity contribution >= 4 is 23.6 Å². The molecule has 4 heteroatoms. The summed E-state index contributed by atoms with van der Waals surface area (Å²) in [5.74, 6) is 0.0559. The van der Waals surface area contributed by atoms with Gasteiger partial charge in [-0.3, -0.25) is 4.79 Å². The van der Waals surface area contributed by atoms with Crippen LogP contribution in [0.25, 0.3) is 0 Å². The van der Waals surface area contributed by atoms with Gasteiger partial charge in [-0.2, -0.15) is 0 Å². The van der Waals surface area contributed by atoms with E-state index in [9.17, 15) is 4.79 Å². The monoisotopic (exact) mass is 220 g/mol. The molecule has 1 N–H and O–H groups in total. The first-order chi connectivity index (χ1) is 7.18. The van der Waals surface area contributed by atoms with Crippen molar-refractivity contribution < 1.29 is 4.79 Å². The fraction of sp³-hybridized carbons (Fsp3) is 0.273.